The number of allylic oxidation sites excluding steroid dienone is 2. The lowest BCUT2D eigenvalue weighted by molar-refractivity contribution is -0.434. The number of fused-ring (bicyclic) bond motifs is 3. The first-order valence-electron chi connectivity index (χ1n) is 6.90. The fourth-order valence-electron chi connectivity index (χ4n) is 3.45. The zero-order valence-electron chi connectivity index (χ0n) is 12.0. The molecule has 2 atom stereocenters. The fraction of sp³-hybridized carbons (Fsp3) is 0.312. The lowest BCUT2D eigenvalue weighted by Gasteiger charge is -2.41. The number of carbonyl (C=O) groups is 1. The zero-order valence-corrected chi connectivity index (χ0v) is 12.0. The molecule has 22 heavy (non-hydrogen) atoms. The minimum atomic E-state index is -1.01. The Morgan fingerprint density at radius 3 is 2.91 bits per heavy atom. The van der Waals surface area contributed by atoms with E-state index in [9.17, 15) is 20.0 Å². The number of nitro groups is 1. The fourth-order valence-corrected chi connectivity index (χ4v) is 3.45. The molecule has 3 rings (SSSR count). The van der Waals surface area contributed by atoms with Gasteiger partial charge in [-0.05, 0) is 17.7 Å². The van der Waals surface area contributed by atoms with Crippen molar-refractivity contribution in [2.24, 2.45) is 5.92 Å². The van der Waals surface area contributed by atoms with Crippen molar-refractivity contribution in [2.45, 2.75) is 11.8 Å². The zero-order chi connectivity index (χ0) is 15.9. The Kier molecular flexibility index (Phi) is 3.33. The van der Waals surface area contributed by atoms with Gasteiger partial charge in [0.15, 0.2) is 5.78 Å². The van der Waals surface area contributed by atoms with E-state index in [1.54, 1.807) is 24.3 Å². The van der Waals surface area contributed by atoms with Crippen molar-refractivity contribution in [1.29, 1.82) is 0 Å². The molecule has 6 nitrogen and oxygen atoms in total. The lowest BCUT2D eigenvalue weighted by atomic mass is 9.61. The van der Waals surface area contributed by atoms with Crippen LogP contribution in [0.3, 0.4) is 0 Å². The molecule has 0 saturated carbocycles. The molecule has 0 amide bonds. The predicted octanol–water partition coefficient (Wildman–Crippen LogP) is 1.70. The SMILES string of the molecule is COc1cccc2c1[C@@]1(CO)C=CC(=O)CC1C([N+](=O)[O-])=C2. The number of benzene rings is 1. The Bertz CT molecular complexity index is 721. The minimum Gasteiger partial charge on any atom is -0.496 e. The largest absolute Gasteiger partial charge is 0.496 e. The van der Waals surface area contributed by atoms with Crippen LogP contribution in [0.2, 0.25) is 0 Å². The molecule has 0 fully saturated rings. The van der Waals surface area contributed by atoms with Gasteiger partial charge in [0.25, 0.3) is 5.70 Å². The summed E-state index contributed by atoms with van der Waals surface area (Å²) in [5.41, 5.74) is 0.273. The third-order valence-electron chi connectivity index (χ3n) is 4.47. The van der Waals surface area contributed by atoms with Crippen molar-refractivity contribution < 1.29 is 19.6 Å². The number of aliphatic hydroxyl groups excluding tert-OH is 1. The van der Waals surface area contributed by atoms with Gasteiger partial charge in [-0.2, -0.15) is 0 Å². The molecule has 2 aliphatic carbocycles. The molecule has 0 radical (unpaired) electrons. The molecular weight excluding hydrogens is 286 g/mol. The van der Waals surface area contributed by atoms with Crippen LogP contribution in [0.25, 0.3) is 6.08 Å². The van der Waals surface area contributed by atoms with Crippen LogP contribution in [0.1, 0.15) is 17.5 Å². The lowest BCUT2D eigenvalue weighted by Crippen LogP contribution is -2.45. The van der Waals surface area contributed by atoms with Crippen LogP contribution in [-0.4, -0.2) is 29.5 Å². The maximum absolute atomic E-state index is 11.8. The van der Waals surface area contributed by atoms with Gasteiger partial charge in [0, 0.05) is 18.1 Å². The summed E-state index contributed by atoms with van der Waals surface area (Å²) in [4.78, 5) is 22.7. The first-order valence-corrected chi connectivity index (χ1v) is 6.90. The van der Waals surface area contributed by atoms with E-state index in [0.29, 0.717) is 16.9 Å². The van der Waals surface area contributed by atoms with E-state index in [0.717, 1.165) is 0 Å². The molecule has 0 aromatic heterocycles. The minimum absolute atomic E-state index is 0.00135. The first kappa shape index (κ1) is 14.5. The quantitative estimate of drug-likeness (QED) is 0.678. The maximum atomic E-state index is 11.8. The average Bonchev–Trinajstić information content (AvgIpc) is 2.53. The number of aliphatic hydroxyl groups is 1. The van der Waals surface area contributed by atoms with E-state index in [2.05, 4.69) is 0 Å². The van der Waals surface area contributed by atoms with Gasteiger partial charge in [0.2, 0.25) is 0 Å². The molecule has 1 unspecified atom stereocenters. The van der Waals surface area contributed by atoms with Crippen LogP contribution in [-0.2, 0) is 10.2 Å². The standard InChI is InChI=1S/C16H15NO5/c1-22-14-4-2-3-10-7-13(17(20)21)12-8-11(19)5-6-16(12,9-18)15(10)14/h2-7,12,18H,8-9H2,1H3/t12?,16-/m1/s1. The van der Waals surface area contributed by atoms with Crippen molar-refractivity contribution in [1.82, 2.24) is 0 Å². The molecule has 0 bridgehead atoms. The molecule has 0 heterocycles. The summed E-state index contributed by atoms with van der Waals surface area (Å²) in [6.45, 7) is -0.333. The molecule has 1 aromatic carbocycles. The third kappa shape index (κ3) is 1.88. The number of nitrogens with zero attached hydrogens (tertiary/aromatic N) is 1. The summed E-state index contributed by atoms with van der Waals surface area (Å²) in [5.74, 6) is -0.330. The first-order chi connectivity index (χ1) is 10.5. The van der Waals surface area contributed by atoms with Crippen molar-refractivity contribution >= 4 is 11.9 Å². The molecule has 0 aliphatic heterocycles. The van der Waals surface area contributed by atoms with E-state index in [1.165, 1.54) is 19.3 Å². The smallest absolute Gasteiger partial charge is 0.251 e. The van der Waals surface area contributed by atoms with Crippen molar-refractivity contribution in [3.63, 3.8) is 0 Å². The highest BCUT2D eigenvalue weighted by Gasteiger charge is 2.52. The Balaban J connectivity index is 2.36. The van der Waals surface area contributed by atoms with Crippen LogP contribution in [0.15, 0.2) is 36.0 Å². The molecule has 0 saturated heterocycles. The molecule has 0 spiro atoms. The van der Waals surface area contributed by atoms with Gasteiger partial charge in [-0.25, -0.2) is 0 Å². The van der Waals surface area contributed by atoms with Gasteiger partial charge in [0.1, 0.15) is 5.75 Å². The van der Waals surface area contributed by atoms with Gasteiger partial charge < -0.3 is 9.84 Å². The molecular formula is C16H15NO5. The summed E-state index contributed by atoms with van der Waals surface area (Å²) >= 11 is 0. The second-order valence-electron chi connectivity index (χ2n) is 5.51. The van der Waals surface area contributed by atoms with Gasteiger partial charge in [0.05, 0.1) is 30.0 Å². The van der Waals surface area contributed by atoms with E-state index < -0.39 is 16.3 Å². The Labute approximate surface area is 126 Å². The average molecular weight is 301 g/mol. The van der Waals surface area contributed by atoms with E-state index in [-0.39, 0.29) is 24.5 Å². The molecule has 114 valence electrons. The number of hydrogen-bond acceptors (Lipinski definition) is 5. The predicted molar refractivity (Wildman–Crippen MR) is 79.0 cm³/mol. The van der Waals surface area contributed by atoms with Crippen LogP contribution in [0, 0.1) is 16.0 Å². The molecule has 1 N–H and O–H groups in total. The number of methoxy groups -OCH3 is 1. The van der Waals surface area contributed by atoms with Gasteiger partial charge in [-0.15, -0.1) is 0 Å². The Morgan fingerprint density at radius 2 is 2.27 bits per heavy atom. The third-order valence-corrected chi connectivity index (χ3v) is 4.47. The summed E-state index contributed by atoms with van der Waals surface area (Å²) < 4.78 is 5.38. The maximum Gasteiger partial charge on any atom is 0.251 e. The summed E-state index contributed by atoms with van der Waals surface area (Å²) in [6.07, 6.45) is 4.46. The molecule has 1 aromatic rings. The second kappa shape index (κ2) is 5.06. The second-order valence-corrected chi connectivity index (χ2v) is 5.51. The number of ketones is 1. The van der Waals surface area contributed by atoms with Crippen LogP contribution in [0.5, 0.6) is 5.75 Å². The molecule has 2 aliphatic rings. The van der Waals surface area contributed by atoms with Crippen LogP contribution < -0.4 is 4.74 Å². The normalized spacial score (nSPS) is 26.0. The Hall–Kier alpha value is -2.47. The number of rotatable bonds is 3. The van der Waals surface area contributed by atoms with Crippen LogP contribution in [0.4, 0.5) is 0 Å². The highest BCUT2D eigenvalue weighted by Crippen LogP contribution is 2.51. The highest BCUT2D eigenvalue weighted by molar-refractivity contribution is 5.92. The van der Waals surface area contributed by atoms with Crippen molar-refractivity contribution in [2.75, 3.05) is 13.7 Å². The number of carbonyl (C=O) groups excluding carboxylic acids is 1. The van der Waals surface area contributed by atoms with Crippen LogP contribution >= 0.6 is 0 Å². The summed E-state index contributed by atoms with van der Waals surface area (Å²) in [7, 11) is 1.51. The van der Waals surface area contributed by atoms with E-state index in [4.69, 9.17) is 4.74 Å². The van der Waals surface area contributed by atoms with Crippen molar-refractivity contribution in [3.8, 4) is 5.75 Å². The summed E-state index contributed by atoms with van der Waals surface area (Å²) in [5, 5.41) is 21.5. The summed E-state index contributed by atoms with van der Waals surface area (Å²) in [6, 6.07) is 5.25. The topological polar surface area (TPSA) is 89.7 Å². The van der Waals surface area contributed by atoms with E-state index in [1.807, 2.05) is 0 Å². The monoisotopic (exact) mass is 301 g/mol. The number of ether oxygens (including phenoxy) is 1. The van der Waals surface area contributed by atoms with Gasteiger partial charge in [-0.3, -0.25) is 14.9 Å². The van der Waals surface area contributed by atoms with E-state index >= 15 is 0 Å². The molecule has 6 heteroatoms. The van der Waals surface area contributed by atoms with Gasteiger partial charge in [-0.1, -0.05) is 18.2 Å². The van der Waals surface area contributed by atoms with Gasteiger partial charge >= 0.3 is 0 Å². The Morgan fingerprint density at radius 1 is 1.50 bits per heavy atom. The van der Waals surface area contributed by atoms with Crippen molar-refractivity contribution in [3.05, 3.63) is 57.3 Å². The number of hydrogen-bond donors (Lipinski definition) is 1. The highest BCUT2D eigenvalue weighted by atomic mass is 16.6.